The average molecular weight is 226 g/mol. The van der Waals surface area contributed by atoms with Crippen molar-refractivity contribution in [2.24, 2.45) is 0 Å². The Hall–Kier alpha value is -1.07. The molecule has 0 aliphatic carbocycles. The van der Waals surface area contributed by atoms with E-state index in [1.54, 1.807) is 0 Å². The number of rotatable bonds is 5. The van der Waals surface area contributed by atoms with Gasteiger partial charge in [-0.05, 0) is 18.9 Å². The summed E-state index contributed by atoms with van der Waals surface area (Å²) in [6, 6.07) is 4.03. The molecule has 0 heterocycles. The molecule has 0 radical (unpaired) electrons. The molecule has 0 aliphatic rings. The van der Waals surface area contributed by atoms with Gasteiger partial charge in [0, 0.05) is 11.5 Å². The van der Waals surface area contributed by atoms with Gasteiger partial charge in [-0.2, -0.15) is 0 Å². The topological polar surface area (TPSA) is 49.7 Å². The van der Waals surface area contributed by atoms with Crippen LogP contribution in [-0.2, 0) is 0 Å². The normalized spacial score (nSPS) is 10.6. The quantitative estimate of drug-likeness (QED) is 0.738. The summed E-state index contributed by atoms with van der Waals surface area (Å²) in [5.41, 5.74) is -0.142. The van der Waals surface area contributed by atoms with Gasteiger partial charge in [-0.3, -0.25) is 0 Å². The minimum atomic E-state index is -1.79. The second-order valence-electron chi connectivity index (χ2n) is 3.61. The summed E-state index contributed by atoms with van der Waals surface area (Å²) in [6.45, 7) is 3.99. The molecule has 0 aromatic heterocycles. The lowest BCUT2D eigenvalue weighted by atomic mass is 9.80. The van der Waals surface area contributed by atoms with Gasteiger partial charge < -0.3 is 14.8 Å². The molecule has 2 N–H and O–H groups in total. The van der Waals surface area contributed by atoms with Crippen molar-refractivity contribution in [3.05, 3.63) is 24.0 Å². The molecule has 0 saturated heterocycles. The minimum absolute atomic E-state index is 0.0595. The molecule has 88 valence electrons. The molecule has 0 aliphatic heterocycles. The molecular formula is C11H16BFO3. The zero-order chi connectivity index (χ0) is 12.1. The van der Waals surface area contributed by atoms with Gasteiger partial charge in [-0.25, -0.2) is 4.39 Å². The van der Waals surface area contributed by atoms with Crippen molar-refractivity contribution in [1.29, 1.82) is 0 Å². The minimum Gasteiger partial charge on any atom is -0.490 e. The Balaban J connectivity index is 2.80. The first kappa shape index (κ1) is 13.0. The van der Waals surface area contributed by atoms with Gasteiger partial charge in [-0.15, -0.1) is 0 Å². The molecular weight excluding hydrogens is 210 g/mol. The van der Waals surface area contributed by atoms with E-state index in [4.69, 9.17) is 14.8 Å². The van der Waals surface area contributed by atoms with Crippen LogP contribution < -0.4 is 10.2 Å². The Morgan fingerprint density at radius 3 is 2.38 bits per heavy atom. The summed E-state index contributed by atoms with van der Waals surface area (Å²) < 4.78 is 18.9. The maximum absolute atomic E-state index is 13.4. The van der Waals surface area contributed by atoms with Gasteiger partial charge in [0.05, 0.1) is 6.10 Å². The maximum atomic E-state index is 13.4. The van der Waals surface area contributed by atoms with Crippen molar-refractivity contribution >= 4 is 12.6 Å². The van der Waals surface area contributed by atoms with Crippen LogP contribution in [0.4, 0.5) is 4.39 Å². The number of halogens is 1. The van der Waals surface area contributed by atoms with Crippen molar-refractivity contribution in [2.45, 2.75) is 32.8 Å². The summed E-state index contributed by atoms with van der Waals surface area (Å²) in [4.78, 5) is 0. The highest BCUT2D eigenvalue weighted by Crippen LogP contribution is 2.15. The average Bonchev–Trinajstić information content (AvgIpc) is 2.25. The highest BCUT2D eigenvalue weighted by molar-refractivity contribution is 6.58. The fraction of sp³-hybridized carbons (Fsp3) is 0.455. The zero-order valence-electron chi connectivity index (χ0n) is 9.48. The van der Waals surface area contributed by atoms with E-state index in [1.807, 2.05) is 13.8 Å². The second-order valence-corrected chi connectivity index (χ2v) is 3.61. The Morgan fingerprint density at radius 2 is 1.94 bits per heavy atom. The molecule has 0 saturated carbocycles. The third kappa shape index (κ3) is 3.22. The molecule has 0 fully saturated rings. The zero-order valence-corrected chi connectivity index (χ0v) is 9.48. The second kappa shape index (κ2) is 5.87. The number of hydrogen-bond donors (Lipinski definition) is 2. The van der Waals surface area contributed by atoms with E-state index in [-0.39, 0.29) is 11.6 Å². The molecule has 0 unspecified atom stereocenters. The Morgan fingerprint density at radius 1 is 1.31 bits per heavy atom. The van der Waals surface area contributed by atoms with Crippen molar-refractivity contribution < 1.29 is 19.2 Å². The van der Waals surface area contributed by atoms with E-state index < -0.39 is 12.9 Å². The third-order valence-corrected chi connectivity index (χ3v) is 2.46. The highest BCUT2D eigenvalue weighted by atomic mass is 19.1. The molecule has 1 aromatic carbocycles. The standard InChI is InChI=1S/C11H16BFO3/c1-3-8(4-2)16-9-5-6-10(12(14)15)11(13)7-9/h5-8,14-15H,3-4H2,1-2H3. The summed E-state index contributed by atoms with van der Waals surface area (Å²) in [6.07, 6.45) is 1.76. The Labute approximate surface area is 95.0 Å². The fourth-order valence-corrected chi connectivity index (χ4v) is 1.44. The highest BCUT2D eigenvalue weighted by Gasteiger charge is 2.17. The van der Waals surface area contributed by atoms with E-state index in [9.17, 15) is 4.39 Å². The van der Waals surface area contributed by atoms with Crippen LogP contribution in [0.25, 0.3) is 0 Å². The smallest absolute Gasteiger partial charge is 0.490 e. The third-order valence-electron chi connectivity index (χ3n) is 2.46. The van der Waals surface area contributed by atoms with Gasteiger partial charge >= 0.3 is 7.12 Å². The Kier molecular flexibility index (Phi) is 4.77. The summed E-state index contributed by atoms with van der Waals surface area (Å²) in [7, 11) is -1.79. The molecule has 5 heteroatoms. The molecule has 16 heavy (non-hydrogen) atoms. The lowest BCUT2D eigenvalue weighted by molar-refractivity contribution is 0.192. The first-order chi connectivity index (χ1) is 7.58. The van der Waals surface area contributed by atoms with Crippen molar-refractivity contribution in [2.75, 3.05) is 0 Å². The Bertz CT molecular complexity index is 340. The van der Waals surface area contributed by atoms with Gasteiger partial charge in [0.15, 0.2) is 0 Å². The molecule has 0 spiro atoms. The summed E-state index contributed by atoms with van der Waals surface area (Å²) in [5.74, 6) is -0.256. The van der Waals surface area contributed by atoms with Gasteiger partial charge in [0.1, 0.15) is 11.6 Å². The van der Waals surface area contributed by atoms with Crippen molar-refractivity contribution in [1.82, 2.24) is 0 Å². The van der Waals surface area contributed by atoms with Crippen LogP contribution in [0.3, 0.4) is 0 Å². The van der Waals surface area contributed by atoms with Gasteiger partial charge in [0.25, 0.3) is 0 Å². The monoisotopic (exact) mass is 226 g/mol. The van der Waals surface area contributed by atoms with Crippen LogP contribution in [0.5, 0.6) is 5.75 Å². The van der Waals surface area contributed by atoms with Crippen LogP contribution in [0.2, 0.25) is 0 Å². The largest absolute Gasteiger partial charge is 0.491 e. The summed E-state index contributed by atoms with van der Waals surface area (Å²) in [5, 5.41) is 17.7. The van der Waals surface area contributed by atoms with E-state index >= 15 is 0 Å². The van der Waals surface area contributed by atoms with Crippen molar-refractivity contribution in [3.8, 4) is 5.75 Å². The lowest BCUT2D eigenvalue weighted by Crippen LogP contribution is -2.32. The maximum Gasteiger partial charge on any atom is 0.491 e. The van der Waals surface area contributed by atoms with E-state index in [1.165, 1.54) is 18.2 Å². The van der Waals surface area contributed by atoms with Crippen LogP contribution >= 0.6 is 0 Å². The lowest BCUT2D eigenvalue weighted by Gasteiger charge is -2.16. The molecule has 0 amide bonds. The first-order valence-electron chi connectivity index (χ1n) is 5.40. The van der Waals surface area contributed by atoms with Crippen LogP contribution in [0.1, 0.15) is 26.7 Å². The van der Waals surface area contributed by atoms with Crippen LogP contribution in [0, 0.1) is 5.82 Å². The van der Waals surface area contributed by atoms with Crippen LogP contribution in [-0.4, -0.2) is 23.3 Å². The summed E-state index contributed by atoms with van der Waals surface area (Å²) >= 11 is 0. The molecule has 3 nitrogen and oxygen atoms in total. The van der Waals surface area contributed by atoms with E-state index in [0.29, 0.717) is 5.75 Å². The van der Waals surface area contributed by atoms with Gasteiger partial charge in [0.2, 0.25) is 0 Å². The van der Waals surface area contributed by atoms with Crippen molar-refractivity contribution in [3.63, 3.8) is 0 Å². The number of ether oxygens (including phenoxy) is 1. The predicted octanol–water partition coefficient (Wildman–Crippen LogP) is 1.07. The van der Waals surface area contributed by atoms with Crippen LogP contribution in [0.15, 0.2) is 18.2 Å². The molecule has 0 bridgehead atoms. The predicted molar refractivity (Wildman–Crippen MR) is 61.2 cm³/mol. The number of benzene rings is 1. The molecule has 1 rings (SSSR count). The number of hydrogen-bond acceptors (Lipinski definition) is 3. The van der Waals surface area contributed by atoms with E-state index in [0.717, 1.165) is 12.8 Å². The molecule has 1 aromatic rings. The molecule has 0 atom stereocenters. The van der Waals surface area contributed by atoms with E-state index in [2.05, 4.69) is 0 Å². The first-order valence-corrected chi connectivity index (χ1v) is 5.40. The van der Waals surface area contributed by atoms with Gasteiger partial charge in [-0.1, -0.05) is 19.9 Å². The fourth-order valence-electron chi connectivity index (χ4n) is 1.44. The SMILES string of the molecule is CCC(CC)Oc1ccc(B(O)O)c(F)c1.